The van der Waals surface area contributed by atoms with Crippen LogP contribution in [-0.4, -0.2) is 10.1 Å². The highest BCUT2D eigenvalue weighted by Gasteiger charge is 2.25. The molecule has 1 aromatic heterocycles. The van der Waals surface area contributed by atoms with Gasteiger partial charge in [-0.25, -0.2) is 0 Å². The van der Waals surface area contributed by atoms with E-state index in [2.05, 4.69) is 35.0 Å². The van der Waals surface area contributed by atoms with E-state index in [1.54, 1.807) is 18.3 Å². The van der Waals surface area contributed by atoms with Crippen LogP contribution < -0.4 is 0 Å². The van der Waals surface area contributed by atoms with Gasteiger partial charge in [0.15, 0.2) is 0 Å². The van der Waals surface area contributed by atoms with Gasteiger partial charge in [0.05, 0.1) is 0 Å². The number of nitrogens with zero attached hydrogens (tertiary/aromatic N) is 1. The van der Waals surface area contributed by atoms with Crippen LogP contribution in [0.2, 0.25) is 0 Å². The van der Waals surface area contributed by atoms with Crippen LogP contribution in [0.25, 0.3) is 10.8 Å². The summed E-state index contributed by atoms with van der Waals surface area (Å²) in [4.78, 5) is 4.23. The highest BCUT2D eigenvalue weighted by molar-refractivity contribution is 7.15. The van der Waals surface area contributed by atoms with Crippen molar-refractivity contribution >= 4 is 20.0 Å². The van der Waals surface area contributed by atoms with Crippen molar-refractivity contribution in [2.75, 3.05) is 0 Å². The van der Waals surface area contributed by atoms with Crippen molar-refractivity contribution in [2.45, 2.75) is 59.0 Å². The standard InChI is InChI=1S/C10H10NOP.C10H20/c12-10-2-1-7-3-9(6-13)11-5-8(7)4-10;1-10(2,3)9-7-5-4-6-8-9/h1-5,12H,6,13H2;9H,4-8H2,1-3H3. The third-order valence-electron chi connectivity index (χ3n) is 4.80. The molecule has 3 heteroatoms. The molecule has 1 N–H and O–H groups in total. The van der Waals surface area contributed by atoms with Gasteiger partial charge in [0.2, 0.25) is 0 Å². The first-order chi connectivity index (χ1) is 10.9. The van der Waals surface area contributed by atoms with Gasteiger partial charge in [-0.3, -0.25) is 4.98 Å². The Kier molecular flexibility index (Phi) is 6.41. The molecule has 2 aromatic rings. The van der Waals surface area contributed by atoms with Crippen molar-refractivity contribution < 1.29 is 5.11 Å². The minimum absolute atomic E-state index is 0.285. The third kappa shape index (κ3) is 5.46. The molecule has 1 atom stereocenters. The van der Waals surface area contributed by atoms with Gasteiger partial charge in [-0.2, -0.15) is 0 Å². The topological polar surface area (TPSA) is 33.1 Å². The Morgan fingerprint density at radius 2 is 1.78 bits per heavy atom. The number of hydrogen-bond donors (Lipinski definition) is 1. The quantitative estimate of drug-likeness (QED) is 0.657. The second-order valence-electron chi connectivity index (χ2n) is 7.61. The average Bonchev–Trinajstić information content (AvgIpc) is 2.55. The van der Waals surface area contributed by atoms with E-state index in [4.69, 9.17) is 0 Å². The summed E-state index contributed by atoms with van der Waals surface area (Å²) < 4.78 is 0. The molecule has 0 spiro atoms. The molecule has 1 saturated carbocycles. The van der Waals surface area contributed by atoms with Gasteiger partial charge in [-0.05, 0) is 47.8 Å². The number of aromatic nitrogens is 1. The number of phenols is 1. The van der Waals surface area contributed by atoms with Crippen LogP contribution in [0.5, 0.6) is 5.75 Å². The zero-order valence-corrected chi connectivity index (χ0v) is 15.8. The van der Waals surface area contributed by atoms with Gasteiger partial charge >= 0.3 is 0 Å². The minimum atomic E-state index is 0.285. The first-order valence-corrected chi connectivity index (χ1v) is 9.49. The Bertz CT molecular complexity index is 627. The second-order valence-corrected chi connectivity index (χ2v) is 8.02. The minimum Gasteiger partial charge on any atom is -0.508 e. The summed E-state index contributed by atoms with van der Waals surface area (Å²) in [6.45, 7) is 7.13. The van der Waals surface area contributed by atoms with E-state index in [9.17, 15) is 5.11 Å². The number of rotatable bonds is 1. The molecule has 1 heterocycles. The number of pyridine rings is 1. The lowest BCUT2D eigenvalue weighted by molar-refractivity contribution is 0.180. The van der Waals surface area contributed by atoms with Gasteiger partial charge in [-0.1, -0.05) is 46.1 Å². The number of hydrogen-bond acceptors (Lipinski definition) is 2. The Labute approximate surface area is 142 Å². The SMILES string of the molecule is CC(C)(C)C1CCCCC1.Oc1ccc2cc(CP)ncc2c1. The Hall–Kier alpha value is -1.14. The maximum absolute atomic E-state index is 9.22. The molecule has 1 fully saturated rings. The van der Waals surface area contributed by atoms with Crippen LogP contribution in [0.4, 0.5) is 0 Å². The molecule has 0 amide bonds. The van der Waals surface area contributed by atoms with Gasteiger partial charge in [0, 0.05) is 23.4 Å². The molecule has 1 aliphatic carbocycles. The average molecular weight is 331 g/mol. The monoisotopic (exact) mass is 331 g/mol. The lowest BCUT2D eigenvalue weighted by atomic mass is 9.72. The molecule has 0 radical (unpaired) electrons. The number of benzene rings is 1. The maximum atomic E-state index is 9.22. The first kappa shape index (κ1) is 18.2. The van der Waals surface area contributed by atoms with Crippen molar-refractivity contribution in [3.8, 4) is 5.75 Å². The second kappa shape index (κ2) is 8.11. The Morgan fingerprint density at radius 1 is 1.09 bits per heavy atom. The normalized spacial score (nSPS) is 16.0. The van der Waals surface area contributed by atoms with Crippen LogP contribution in [0.1, 0.15) is 58.6 Å². The molecule has 3 rings (SSSR count). The predicted octanol–water partition coefficient (Wildman–Crippen LogP) is 5.93. The first-order valence-electron chi connectivity index (χ1n) is 8.68. The Morgan fingerprint density at radius 3 is 2.35 bits per heavy atom. The molecule has 1 aromatic carbocycles. The van der Waals surface area contributed by atoms with E-state index >= 15 is 0 Å². The number of phenolic OH excluding ortho intramolecular Hbond substituents is 1. The molecule has 0 saturated heterocycles. The fraction of sp³-hybridized carbons (Fsp3) is 0.550. The summed E-state index contributed by atoms with van der Waals surface area (Å²) in [5, 5.41) is 11.3. The van der Waals surface area contributed by atoms with Crippen molar-refractivity contribution in [1.82, 2.24) is 4.98 Å². The van der Waals surface area contributed by atoms with Crippen molar-refractivity contribution in [3.05, 3.63) is 36.2 Å². The zero-order valence-electron chi connectivity index (χ0n) is 14.7. The summed E-state index contributed by atoms with van der Waals surface area (Å²) in [7, 11) is 2.64. The zero-order chi connectivity index (χ0) is 16.9. The number of aromatic hydroxyl groups is 1. The lowest BCUT2D eigenvalue weighted by Gasteiger charge is -2.33. The van der Waals surface area contributed by atoms with E-state index < -0.39 is 0 Å². The molecule has 23 heavy (non-hydrogen) atoms. The molecule has 0 aliphatic heterocycles. The van der Waals surface area contributed by atoms with Crippen LogP contribution >= 0.6 is 9.24 Å². The van der Waals surface area contributed by atoms with Gasteiger partial charge < -0.3 is 5.11 Å². The number of fused-ring (bicyclic) bond motifs is 1. The van der Waals surface area contributed by atoms with E-state index in [0.717, 1.165) is 28.5 Å². The third-order valence-corrected chi connectivity index (χ3v) is 5.22. The van der Waals surface area contributed by atoms with Crippen LogP contribution in [0, 0.1) is 11.3 Å². The molecule has 1 unspecified atom stereocenters. The molecule has 2 nitrogen and oxygen atoms in total. The van der Waals surface area contributed by atoms with Crippen molar-refractivity contribution in [3.63, 3.8) is 0 Å². The van der Waals surface area contributed by atoms with Gasteiger partial charge in [-0.15, -0.1) is 9.24 Å². The van der Waals surface area contributed by atoms with Crippen molar-refractivity contribution in [2.24, 2.45) is 11.3 Å². The van der Waals surface area contributed by atoms with Crippen molar-refractivity contribution in [1.29, 1.82) is 0 Å². The Balaban J connectivity index is 0.000000174. The smallest absolute Gasteiger partial charge is 0.116 e. The summed E-state index contributed by atoms with van der Waals surface area (Å²) in [5.41, 5.74) is 1.61. The van der Waals surface area contributed by atoms with Crippen LogP contribution in [0.15, 0.2) is 30.5 Å². The van der Waals surface area contributed by atoms with Gasteiger partial charge in [0.1, 0.15) is 5.75 Å². The fourth-order valence-electron chi connectivity index (χ4n) is 3.25. The molecular weight excluding hydrogens is 301 g/mol. The predicted molar refractivity (Wildman–Crippen MR) is 103 cm³/mol. The molecular formula is C20H30NOP. The highest BCUT2D eigenvalue weighted by Crippen LogP contribution is 2.37. The highest BCUT2D eigenvalue weighted by atomic mass is 31.0. The van der Waals surface area contributed by atoms with E-state index in [-0.39, 0.29) is 5.75 Å². The summed E-state index contributed by atoms with van der Waals surface area (Å²) in [6.07, 6.45) is 10.0. The largest absolute Gasteiger partial charge is 0.508 e. The van der Waals surface area contributed by atoms with E-state index in [1.807, 2.05) is 12.1 Å². The van der Waals surface area contributed by atoms with Gasteiger partial charge in [0.25, 0.3) is 0 Å². The molecule has 0 bridgehead atoms. The fourth-order valence-corrected chi connectivity index (χ4v) is 3.48. The van der Waals surface area contributed by atoms with Crippen LogP contribution in [0.3, 0.4) is 0 Å². The summed E-state index contributed by atoms with van der Waals surface area (Å²) in [5.74, 6) is 1.29. The maximum Gasteiger partial charge on any atom is 0.116 e. The van der Waals surface area contributed by atoms with E-state index in [0.29, 0.717) is 5.41 Å². The lowest BCUT2D eigenvalue weighted by Crippen LogP contribution is -2.22. The molecule has 126 valence electrons. The summed E-state index contributed by atoms with van der Waals surface area (Å²) in [6, 6.07) is 7.34. The van der Waals surface area contributed by atoms with E-state index in [1.165, 1.54) is 32.1 Å². The summed E-state index contributed by atoms with van der Waals surface area (Å²) >= 11 is 0. The molecule has 1 aliphatic rings. The van der Waals surface area contributed by atoms with Crippen LogP contribution in [-0.2, 0) is 6.16 Å².